The van der Waals surface area contributed by atoms with Gasteiger partial charge in [-0.2, -0.15) is 4.98 Å². The molecule has 0 saturated carbocycles. The van der Waals surface area contributed by atoms with E-state index in [9.17, 15) is 19.8 Å². The molecule has 8 N–H and O–H groups in total. The van der Waals surface area contributed by atoms with Crippen molar-refractivity contribution in [1.82, 2.24) is 9.55 Å². The highest BCUT2D eigenvalue weighted by Crippen LogP contribution is 2.28. The molecule has 1 aliphatic rings. The lowest BCUT2D eigenvalue weighted by atomic mass is 10.1. The molecule has 1 aromatic rings. The third-order valence-electron chi connectivity index (χ3n) is 4.22. The zero-order chi connectivity index (χ0) is 20.0. The number of rotatable bonds is 9. The zero-order valence-corrected chi connectivity index (χ0v) is 14.6. The van der Waals surface area contributed by atoms with Crippen molar-refractivity contribution < 1.29 is 29.7 Å². The summed E-state index contributed by atoms with van der Waals surface area (Å²) in [5, 5.41) is 29.0. The number of nitrogens with zero attached hydrogens (tertiary/aromatic N) is 2. The van der Waals surface area contributed by atoms with Gasteiger partial charge in [0.1, 0.15) is 31.0 Å². The van der Waals surface area contributed by atoms with Gasteiger partial charge in [-0.15, -0.1) is 0 Å². The molecular formula is C15H25N5O7. The Morgan fingerprint density at radius 1 is 1.41 bits per heavy atom. The number of hydrogen-bond donors (Lipinski definition) is 6. The van der Waals surface area contributed by atoms with E-state index in [4.69, 9.17) is 26.1 Å². The molecule has 2 heterocycles. The number of anilines is 1. The summed E-state index contributed by atoms with van der Waals surface area (Å²) >= 11 is 0. The predicted octanol–water partition coefficient (Wildman–Crippen LogP) is -2.34. The number of hydrogen-bond acceptors (Lipinski definition) is 11. The summed E-state index contributed by atoms with van der Waals surface area (Å²) in [6.07, 6.45) is -2.03. The molecule has 0 amide bonds. The van der Waals surface area contributed by atoms with Gasteiger partial charge >= 0.3 is 11.7 Å². The highest BCUT2D eigenvalue weighted by Gasteiger charge is 2.44. The fraction of sp³-hybridized carbons (Fsp3) is 0.667. The highest BCUT2D eigenvalue weighted by atomic mass is 16.6. The molecule has 1 fully saturated rings. The second-order valence-corrected chi connectivity index (χ2v) is 6.18. The fourth-order valence-electron chi connectivity index (χ4n) is 2.66. The molecule has 12 heteroatoms. The van der Waals surface area contributed by atoms with Crippen molar-refractivity contribution in [1.29, 1.82) is 0 Å². The van der Waals surface area contributed by atoms with Gasteiger partial charge in [0.05, 0.1) is 0 Å². The first kappa shape index (κ1) is 21.2. The maximum atomic E-state index is 11.9. The number of aliphatic hydroxyl groups excluding tert-OH is 2. The van der Waals surface area contributed by atoms with Gasteiger partial charge in [0, 0.05) is 6.20 Å². The van der Waals surface area contributed by atoms with E-state index >= 15 is 0 Å². The number of ether oxygens (including phenoxy) is 2. The van der Waals surface area contributed by atoms with Crippen LogP contribution in [0.4, 0.5) is 5.82 Å². The van der Waals surface area contributed by atoms with Crippen LogP contribution >= 0.6 is 0 Å². The minimum Gasteiger partial charge on any atom is -0.462 e. The maximum Gasteiger partial charge on any atom is 0.351 e. The standard InChI is InChI=1S/C15H25N5O7/c16-5-2-1-3-8(17)14(23)26-7-9-11(21)12(22)13(27-9)20-6-4-10(19-25)18-15(20)24/h4,6,8-9,11-13,21-22,25H,1-3,5,7,16-17H2,(H,18,19,24)/t8-,9+,11+,12+,13+/m0/s1. The summed E-state index contributed by atoms with van der Waals surface area (Å²) in [6.45, 7) is 0.170. The van der Waals surface area contributed by atoms with Crippen molar-refractivity contribution in [2.24, 2.45) is 11.5 Å². The molecule has 0 aromatic carbocycles. The topological polar surface area (TPSA) is 195 Å². The average Bonchev–Trinajstić information content (AvgIpc) is 2.94. The molecule has 5 atom stereocenters. The Morgan fingerprint density at radius 2 is 2.15 bits per heavy atom. The zero-order valence-electron chi connectivity index (χ0n) is 14.6. The number of aliphatic hydroxyl groups is 2. The lowest BCUT2D eigenvalue weighted by Gasteiger charge is -2.17. The Morgan fingerprint density at radius 3 is 2.78 bits per heavy atom. The minimum atomic E-state index is -1.45. The second-order valence-electron chi connectivity index (χ2n) is 6.18. The second kappa shape index (κ2) is 9.73. The molecule has 1 aromatic heterocycles. The quantitative estimate of drug-likeness (QED) is 0.151. The van der Waals surface area contributed by atoms with E-state index in [2.05, 4.69) is 4.98 Å². The molecule has 27 heavy (non-hydrogen) atoms. The van der Waals surface area contributed by atoms with Gasteiger partial charge in [-0.3, -0.25) is 20.0 Å². The molecule has 0 unspecified atom stereocenters. The molecular weight excluding hydrogens is 362 g/mol. The third-order valence-corrected chi connectivity index (χ3v) is 4.22. The number of carbonyl (C=O) groups excluding carboxylic acids is 1. The van der Waals surface area contributed by atoms with Crippen LogP contribution in [0.5, 0.6) is 0 Å². The van der Waals surface area contributed by atoms with Crippen molar-refractivity contribution in [2.45, 2.75) is 49.8 Å². The van der Waals surface area contributed by atoms with Crippen molar-refractivity contribution in [2.75, 3.05) is 18.6 Å². The van der Waals surface area contributed by atoms with E-state index in [1.807, 2.05) is 0 Å². The first-order chi connectivity index (χ1) is 12.9. The van der Waals surface area contributed by atoms with Crippen LogP contribution in [-0.4, -0.2) is 68.4 Å². The summed E-state index contributed by atoms with van der Waals surface area (Å²) in [6, 6.07) is 0.457. The van der Waals surface area contributed by atoms with Gasteiger partial charge in [-0.1, -0.05) is 6.42 Å². The molecule has 0 aliphatic carbocycles. The normalized spacial score (nSPS) is 26.0. The third kappa shape index (κ3) is 5.22. The number of carbonyl (C=O) groups is 1. The van der Waals surface area contributed by atoms with Crippen molar-refractivity contribution in [3.8, 4) is 0 Å². The first-order valence-corrected chi connectivity index (χ1v) is 8.52. The number of esters is 1. The lowest BCUT2D eigenvalue weighted by molar-refractivity contribution is -0.151. The Balaban J connectivity index is 1.94. The molecule has 152 valence electrons. The fourth-order valence-corrected chi connectivity index (χ4v) is 2.66. The highest BCUT2D eigenvalue weighted by molar-refractivity contribution is 5.75. The van der Waals surface area contributed by atoms with Crippen molar-refractivity contribution in [3.05, 3.63) is 22.7 Å². The molecule has 2 rings (SSSR count). The molecule has 0 spiro atoms. The molecule has 12 nitrogen and oxygen atoms in total. The van der Waals surface area contributed by atoms with Crippen molar-refractivity contribution in [3.63, 3.8) is 0 Å². The molecule has 1 saturated heterocycles. The number of nitrogens with one attached hydrogen (secondary N) is 1. The summed E-state index contributed by atoms with van der Waals surface area (Å²) in [5.74, 6) is -0.739. The van der Waals surface area contributed by atoms with Gasteiger partial charge in [0.2, 0.25) is 0 Å². The summed E-state index contributed by atoms with van der Waals surface area (Å²) in [5.41, 5.74) is 12.0. The van der Waals surface area contributed by atoms with Crippen LogP contribution in [0.1, 0.15) is 25.5 Å². The number of nitrogens with two attached hydrogens (primary N) is 2. The largest absolute Gasteiger partial charge is 0.462 e. The van der Waals surface area contributed by atoms with Gasteiger partial charge < -0.3 is 31.2 Å². The summed E-state index contributed by atoms with van der Waals surface area (Å²) in [4.78, 5) is 27.3. The van der Waals surface area contributed by atoms with Crippen LogP contribution in [0.25, 0.3) is 0 Å². The van der Waals surface area contributed by atoms with Crippen LogP contribution in [0.15, 0.2) is 17.1 Å². The summed E-state index contributed by atoms with van der Waals surface area (Å²) in [7, 11) is 0. The van der Waals surface area contributed by atoms with Gasteiger partial charge in [0.25, 0.3) is 0 Å². The summed E-state index contributed by atoms with van der Waals surface area (Å²) < 4.78 is 11.5. The number of unbranched alkanes of at least 4 members (excludes halogenated alkanes) is 1. The van der Waals surface area contributed by atoms with Gasteiger partial charge in [0.15, 0.2) is 12.0 Å². The van der Waals surface area contributed by atoms with Gasteiger partial charge in [-0.05, 0) is 25.5 Å². The van der Waals surface area contributed by atoms with Crippen LogP contribution in [0.2, 0.25) is 0 Å². The minimum absolute atomic E-state index is 0.0848. The molecule has 0 bridgehead atoms. The van der Waals surface area contributed by atoms with E-state index in [0.717, 1.165) is 11.0 Å². The van der Waals surface area contributed by atoms with E-state index < -0.39 is 42.2 Å². The van der Waals surface area contributed by atoms with Gasteiger partial charge in [-0.25, -0.2) is 4.79 Å². The van der Waals surface area contributed by atoms with Crippen LogP contribution in [0.3, 0.4) is 0 Å². The van der Waals surface area contributed by atoms with Crippen LogP contribution in [0, 0.1) is 0 Å². The van der Waals surface area contributed by atoms with E-state index in [-0.39, 0.29) is 12.4 Å². The van der Waals surface area contributed by atoms with Crippen molar-refractivity contribution >= 4 is 11.8 Å². The SMILES string of the molecule is NCCCC[C@H](N)C(=O)OC[C@H]1O[C@@H](n2ccc(NO)nc2=O)[C@H](O)[C@@H]1O. The monoisotopic (exact) mass is 387 g/mol. The Hall–Kier alpha value is -2.09. The number of aromatic nitrogens is 2. The van der Waals surface area contributed by atoms with Crippen LogP contribution < -0.4 is 22.6 Å². The smallest absolute Gasteiger partial charge is 0.351 e. The van der Waals surface area contributed by atoms with E-state index in [0.29, 0.717) is 19.4 Å². The Kier molecular flexibility index (Phi) is 7.65. The van der Waals surface area contributed by atoms with E-state index in [1.165, 1.54) is 12.3 Å². The lowest BCUT2D eigenvalue weighted by Crippen LogP contribution is -2.38. The molecule has 1 aliphatic heterocycles. The first-order valence-electron chi connectivity index (χ1n) is 8.52. The average molecular weight is 387 g/mol. The van der Waals surface area contributed by atoms with E-state index in [1.54, 1.807) is 5.48 Å². The Labute approximate surface area is 154 Å². The van der Waals surface area contributed by atoms with Crippen LogP contribution in [-0.2, 0) is 14.3 Å². The predicted molar refractivity (Wildman–Crippen MR) is 91.7 cm³/mol. The molecule has 0 radical (unpaired) electrons. The Bertz CT molecular complexity index is 685. The maximum absolute atomic E-state index is 11.9.